The van der Waals surface area contributed by atoms with Crippen molar-refractivity contribution in [1.82, 2.24) is 10.2 Å². The average molecular weight is 322 g/mol. The maximum absolute atomic E-state index is 12.6. The lowest BCUT2D eigenvalue weighted by Gasteiger charge is -2.30. The Hall–Kier alpha value is -1.04. The Labute approximate surface area is 137 Å². The standard InChI is InChI=1S/C17H26N2O2S/c1-13(2)19(12-14-5-4-6-16(9-14)22-3)17(20)10-15-11-18-7-8-21-15/h4-6,9,13,15,18H,7-8,10-12H2,1-3H3. The number of amides is 1. The predicted molar refractivity (Wildman–Crippen MR) is 91.1 cm³/mol. The predicted octanol–water partition coefficient (Wildman–Crippen LogP) is 2.52. The van der Waals surface area contributed by atoms with Crippen molar-refractivity contribution < 1.29 is 9.53 Å². The number of benzene rings is 1. The molecule has 0 bridgehead atoms. The van der Waals surface area contributed by atoms with Crippen LogP contribution in [0.1, 0.15) is 25.8 Å². The number of thioether (sulfide) groups is 1. The van der Waals surface area contributed by atoms with E-state index in [9.17, 15) is 4.79 Å². The smallest absolute Gasteiger partial charge is 0.225 e. The van der Waals surface area contributed by atoms with E-state index in [4.69, 9.17) is 4.74 Å². The molecular formula is C17H26N2O2S. The minimum absolute atomic E-state index is 0.0000293. The van der Waals surface area contributed by atoms with E-state index in [0.717, 1.165) is 13.1 Å². The van der Waals surface area contributed by atoms with Crippen molar-refractivity contribution >= 4 is 17.7 Å². The quantitative estimate of drug-likeness (QED) is 0.817. The van der Waals surface area contributed by atoms with Crippen LogP contribution in [0, 0.1) is 0 Å². The van der Waals surface area contributed by atoms with Gasteiger partial charge in [0.1, 0.15) is 0 Å². The Morgan fingerprint density at radius 2 is 2.32 bits per heavy atom. The molecule has 1 aliphatic heterocycles. The lowest BCUT2D eigenvalue weighted by molar-refractivity contribution is -0.137. The summed E-state index contributed by atoms with van der Waals surface area (Å²) in [6.45, 7) is 7.12. The van der Waals surface area contributed by atoms with Crippen LogP contribution in [0.25, 0.3) is 0 Å². The van der Waals surface area contributed by atoms with Gasteiger partial charge in [-0.2, -0.15) is 0 Å². The fraction of sp³-hybridized carbons (Fsp3) is 0.588. The van der Waals surface area contributed by atoms with Gasteiger partial charge in [0, 0.05) is 30.6 Å². The van der Waals surface area contributed by atoms with E-state index in [1.165, 1.54) is 10.5 Å². The first-order valence-corrected chi connectivity index (χ1v) is 9.07. The second-order valence-electron chi connectivity index (χ2n) is 5.87. The summed E-state index contributed by atoms with van der Waals surface area (Å²) < 4.78 is 5.65. The maximum atomic E-state index is 12.6. The normalized spacial score (nSPS) is 18.5. The zero-order chi connectivity index (χ0) is 15.9. The second-order valence-corrected chi connectivity index (χ2v) is 6.75. The van der Waals surface area contributed by atoms with Crippen LogP contribution in [0.4, 0.5) is 0 Å². The highest BCUT2D eigenvalue weighted by Crippen LogP contribution is 2.18. The molecular weight excluding hydrogens is 296 g/mol. The van der Waals surface area contributed by atoms with Crippen LogP contribution in [-0.4, -0.2) is 48.9 Å². The highest BCUT2D eigenvalue weighted by atomic mass is 32.2. The Kier molecular flexibility index (Phi) is 6.73. The monoisotopic (exact) mass is 322 g/mol. The van der Waals surface area contributed by atoms with Gasteiger partial charge >= 0.3 is 0 Å². The van der Waals surface area contributed by atoms with E-state index in [1.54, 1.807) is 11.8 Å². The summed E-state index contributed by atoms with van der Waals surface area (Å²) in [7, 11) is 0. The number of ether oxygens (including phenoxy) is 1. The SMILES string of the molecule is CSc1cccc(CN(C(=O)CC2CNCCO2)C(C)C)c1. The summed E-state index contributed by atoms with van der Waals surface area (Å²) in [5.41, 5.74) is 1.18. The van der Waals surface area contributed by atoms with Crippen molar-refractivity contribution in [3.63, 3.8) is 0 Å². The molecule has 1 heterocycles. The first-order valence-electron chi connectivity index (χ1n) is 7.85. The van der Waals surface area contributed by atoms with E-state index in [-0.39, 0.29) is 18.1 Å². The highest BCUT2D eigenvalue weighted by Gasteiger charge is 2.23. The van der Waals surface area contributed by atoms with Gasteiger partial charge in [0.05, 0.1) is 19.1 Å². The fourth-order valence-electron chi connectivity index (χ4n) is 2.59. The Bertz CT molecular complexity index is 487. The summed E-state index contributed by atoms with van der Waals surface area (Å²) in [4.78, 5) is 15.8. The zero-order valence-electron chi connectivity index (χ0n) is 13.7. The van der Waals surface area contributed by atoms with E-state index < -0.39 is 0 Å². The summed E-state index contributed by atoms with van der Waals surface area (Å²) >= 11 is 1.72. The minimum Gasteiger partial charge on any atom is -0.375 e. The third kappa shape index (κ3) is 5.00. The molecule has 1 unspecified atom stereocenters. The Morgan fingerprint density at radius 3 is 2.95 bits per heavy atom. The van der Waals surface area contributed by atoms with Crippen molar-refractivity contribution in [2.45, 2.75) is 43.9 Å². The van der Waals surface area contributed by atoms with E-state index >= 15 is 0 Å². The van der Waals surface area contributed by atoms with E-state index in [2.05, 4.69) is 49.7 Å². The van der Waals surface area contributed by atoms with Crippen molar-refractivity contribution in [2.24, 2.45) is 0 Å². The Morgan fingerprint density at radius 1 is 1.50 bits per heavy atom. The van der Waals surface area contributed by atoms with Crippen LogP contribution < -0.4 is 5.32 Å². The van der Waals surface area contributed by atoms with Gasteiger partial charge in [-0.15, -0.1) is 11.8 Å². The van der Waals surface area contributed by atoms with Gasteiger partial charge in [0.15, 0.2) is 0 Å². The van der Waals surface area contributed by atoms with E-state index in [0.29, 0.717) is 19.6 Å². The number of hydrogen-bond acceptors (Lipinski definition) is 4. The number of morpholine rings is 1. The van der Waals surface area contributed by atoms with Crippen LogP contribution in [0.3, 0.4) is 0 Å². The van der Waals surface area contributed by atoms with Crippen molar-refractivity contribution in [3.8, 4) is 0 Å². The summed E-state index contributed by atoms with van der Waals surface area (Å²) in [5.74, 6) is 0.165. The number of carbonyl (C=O) groups excluding carboxylic acids is 1. The van der Waals surface area contributed by atoms with Gasteiger partial charge in [0.25, 0.3) is 0 Å². The van der Waals surface area contributed by atoms with Crippen LogP contribution >= 0.6 is 11.8 Å². The third-order valence-electron chi connectivity index (χ3n) is 3.84. The van der Waals surface area contributed by atoms with Crippen molar-refractivity contribution in [2.75, 3.05) is 26.0 Å². The number of nitrogens with zero attached hydrogens (tertiary/aromatic N) is 1. The number of nitrogens with one attached hydrogen (secondary N) is 1. The topological polar surface area (TPSA) is 41.6 Å². The van der Waals surface area contributed by atoms with Crippen LogP contribution in [0.2, 0.25) is 0 Å². The molecule has 1 amide bonds. The fourth-order valence-corrected chi connectivity index (χ4v) is 3.07. The van der Waals surface area contributed by atoms with Gasteiger partial charge in [-0.25, -0.2) is 0 Å². The van der Waals surface area contributed by atoms with Crippen molar-refractivity contribution in [1.29, 1.82) is 0 Å². The molecule has 0 aromatic heterocycles. The molecule has 1 atom stereocenters. The molecule has 5 heteroatoms. The molecule has 1 aliphatic rings. The van der Waals surface area contributed by atoms with Gasteiger partial charge < -0.3 is 15.0 Å². The molecule has 122 valence electrons. The molecule has 1 aromatic carbocycles. The summed E-state index contributed by atoms with van der Waals surface area (Å²) in [6, 6.07) is 8.57. The van der Waals surface area contributed by atoms with Gasteiger partial charge in [0.2, 0.25) is 5.91 Å². The molecule has 0 aliphatic carbocycles. The first kappa shape index (κ1) is 17.3. The van der Waals surface area contributed by atoms with E-state index in [1.807, 2.05) is 4.90 Å². The average Bonchev–Trinajstić information content (AvgIpc) is 2.53. The summed E-state index contributed by atoms with van der Waals surface area (Å²) in [6.07, 6.45) is 2.52. The third-order valence-corrected chi connectivity index (χ3v) is 4.56. The van der Waals surface area contributed by atoms with Crippen molar-refractivity contribution in [3.05, 3.63) is 29.8 Å². The minimum atomic E-state index is 0.0000293. The first-order chi connectivity index (χ1) is 10.6. The molecule has 22 heavy (non-hydrogen) atoms. The Balaban J connectivity index is 2.00. The molecule has 1 N–H and O–H groups in total. The second kappa shape index (κ2) is 8.56. The molecule has 1 aromatic rings. The molecule has 4 nitrogen and oxygen atoms in total. The lowest BCUT2D eigenvalue weighted by Crippen LogP contribution is -2.44. The van der Waals surface area contributed by atoms with Crippen LogP contribution in [0.15, 0.2) is 29.2 Å². The van der Waals surface area contributed by atoms with Gasteiger partial charge in [-0.3, -0.25) is 4.79 Å². The molecule has 0 radical (unpaired) electrons. The molecule has 0 spiro atoms. The highest BCUT2D eigenvalue weighted by molar-refractivity contribution is 7.98. The van der Waals surface area contributed by atoms with Gasteiger partial charge in [-0.1, -0.05) is 12.1 Å². The summed E-state index contributed by atoms with van der Waals surface area (Å²) in [5, 5.41) is 3.27. The maximum Gasteiger partial charge on any atom is 0.225 e. The van der Waals surface area contributed by atoms with Crippen LogP contribution in [0.5, 0.6) is 0 Å². The van der Waals surface area contributed by atoms with Crippen LogP contribution in [-0.2, 0) is 16.1 Å². The zero-order valence-corrected chi connectivity index (χ0v) is 14.5. The number of carbonyl (C=O) groups is 1. The molecule has 1 saturated heterocycles. The lowest BCUT2D eigenvalue weighted by atomic mass is 10.1. The largest absolute Gasteiger partial charge is 0.375 e. The van der Waals surface area contributed by atoms with Gasteiger partial charge in [-0.05, 0) is 37.8 Å². The molecule has 1 fully saturated rings. The molecule has 2 rings (SSSR count). The number of rotatable bonds is 6. The molecule has 0 saturated carbocycles. The number of hydrogen-bond donors (Lipinski definition) is 1.